The molecule has 16 heavy (non-hydrogen) atoms. The van der Waals surface area contributed by atoms with Crippen molar-refractivity contribution in [3.05, 3.63) is 53.1 Å². The van der Waals surface area contributed by atoms with Crippen LogP contribution in [0.15, 0.2) is 42.0 Å². The number of benzene rings is 1. The Bertz CT molecular complexity index is 423. The summed E-state index contributed by atoms with van der Waals surface area (Å²) in [5.41, 5.74) is 5.66. The molecule has 0 saturated heterocycles. The van der Waals surface area contributed by atoms with Gasteiger partial charge in [0.2, 0.25) is 0 Å². The number of allylic oxidation sites excluding steroid dienone is 2. The van der Waals surface area contributed by atoms with E-state index in [1.54, 1.807) is 5.57 Å². The minimum Gasteiger partial charge on any atom is -0.0992 e. The number of unbranched alkanes of at least 4 members (excludes halogenated alkanes) is 1. The van der Waals surface area contributed by atoms with Crippen molar-refractivity contribution >= 4 is 6.08 Å². The molecule has 0 fully saturated rings. The molecule has 0 bridgehead atoms. The van der Waals surface area contributed by atoms with Crippen LogP contribution in [0, 0.1) is 0 Å². The maximum Gasteiger partial charge on any atom is 0.0261 e. The first-order valence-electron chi connectivity index (χ1n) is 6.18. The Balaban J connectivity index is 2.31. The zero-order chi connectivity index (χ0) is 11.5. The smallest absolute Gasteiger partial charge is 0.0261 e. The zero-order valence-corrected chi connectivity index (χ0v) is 10.3. The van der Waals surface area contributed by atoms with Crippen LogP contribution in [0.4, 0.5) is 0 Å². The third-order valence-electron chi connectivity index (χ3n) is 3.33. The minimum absolute atomic E-state index is 0.475. The number of fused-ring (bicyclic) bond motifs is 1. The normalized spacial score (nSPS) is 18.1. The van der Waals surface area contributed by atoms with Gasteiger partial charge in [0, 0.05) is 5.92 Å². The highest BCUT2D eigenvalue weighted by molar-refractivity contribution is 5.68. The largest absolute Gasteiger partial charge is 0.0992 e. The fourth-order valence-corrected chi connectivity index (χ4v) is 2.57. The van der Waals surface area contributed by atoms with Crippen molar-refractivity contribution in [2.45, 2.75) is 39.0 Å². The van der Waals surface area contributed by atoms with E-state index in [0.717, 1.165) is 0 Å². The Labute approximate surface area is 98.7 Å². The van der Waals surface area contributed by atoms with Gasteiger partial charge in [0.15, 0.2) is 0 Å². The second-order valence-electron chi connectivity index (χ2n) is 4.73. The lowest BCUT2D eigenvalue weighted by Gasteiger charge is -2.16. The first-order valence-corrected chi connectivity index (χ1v) is 6.18. The monoisotopic (exact) mass is 212 g/mol. The Kier molecular flexibility index (Phi) is 3.28. The summed E-state index contributed by atoms with van der Waals surface area (Å²) in [6.07, 6.45) is 6.12. The van der Waals surface area contributed by atoms with E-state index in [4.69, 9.17) is 0 Å². The second kappa shape index (κ2) is 4.69. The SMILES string of the molecule is C=C(C)C1C(CCCC)=Cc2ccccc21. The predicted molar refractivity (Wildman–Crippen MR) is 71.5 cm³/mol. The molecule has 0 amide bonds. The van der Waals surface area contributed by atoms with Gasteiger partial charge in [-0.1, -0.05) is 61.4 Å². The molecule has 0 aliphatic heterocycles. The van der Waals surface area contributed by atoms with E-state index in [1.165, 1.54) is 36.0 Å². The molecule has 2 rings (SSSR count). The van der Waals surface area contributed by atoms with Gasteiger partial charge < -0.3 is 0 Å². The van der Waals surface area contributed by atoms with Crippen LogP contribution >= 0.6 is 0 Å². The molecule has 1 atom stereocenters. The highest BCUT2D eigenvalue weighted by atomic mass is 14.3. The average Bonchev–Trinajstić information content (AvgIpc) is 2.64. The van der Waals surface area contributed by atoms with Crippen molar-refractivity contribution < 1.29 is 0 Å². The van der Waals surface area contributed by atoms with Crippen LogP contribution in [-0.4, -0.2) is 0 Å². The standard InChI is InChI=1S/C16H20/c1-4-5-8-14-11-13-9-6-7-10-15(13)16(14)12(2)3/h6-7,9-11,16H,2,4-5,8H2,1,3H3. The molecule has 0 heteroatoms. The number of rotatable bonds is 4. The van der Waals surface area contributed by atoms with Crippen molar-refractivity contribution in [1.82, 2.24) is 0 Å². The molecule has 1 aliphatic carbocycles. The molecule has 1 aromatic carbocycles. The fourth-order valence-electron chi connectivity index (χ4n) is 2.57. The Morgan fingerprint density at radius 1 is 1.31 bits per heavy atom. The van der Waals surface area contributed by atoms with Crippen molar-refractivity contribution in [2.75, 3.05) is 0 Å². The summed E-state index contributed by atoms with van der Waals surface area (Å²) in [6, 6.07) is 8.70. The summed E-state index contributed by atoms with van der Waals surface area (Å²) in [7, 11) is 0. The van der Waals surface area contributed by atoms with Gasteiger partial charge in [-0.3, -0.25) is 0 Å². The van der Waals surface area contributed by atoms with Crippen LogP contribution in [0.5, 0.6) is 0 Å². The molecule has 0 spiro atoms. The van der Waals surface area contributed by atoms with Crippen LogP contribution in [0.3, 0.4) is 0 Å². The van der Waals surface area contributed by atoms with E-state index in [-0.39, 0.29) is 0 Å². The Hall–Kier alpha value is -1.30. The van der Waals surface area contributed by atoms with E-state index in [9.17, 15) is 0 Å². The average molecular weight is 212 g/mol. The summed E-state index contributed by atoms with van der Waals surface area (Å²) in [5.74, 6) is 0.475. The van der Waals surface area contributed by atoms with Gasteiger partial charge in [-0.05, 0) is 30.9 Å². The van der Waals surface area contributed by atoms with Gasteiger partial charge in [0.1, 0.15) is 0 Å². The van der Waals surface area contributed by atoms with Gasteiger partial charge in [-0.2, -0.15) is 0 Å². The van der Waals surface area contributed by atoms with Crippen molar-refractivity contribution in [1.29, 1.82) is 0 Å². The van der Waals surface area contributed by atoms with E-state index in [0.29, 0.717) is 5.92 Å². The highest BCUT2D eigenvalue weighted by Crippen LogP contribution is 2.42. The summed E-state index contributed by atoms with van der Waals surface area (Å²) >= 11 is 0. The van der Waals surface area contributed by atoms with Crippen molar-refractivity contribution in [2.24, 2.45) is 0 Å². The van der Waals surface area contributed by atoms with Crippen LogP contribution < -0.4 is 0 Å². The van der Waals surface area contributed by atoms with Crippen molar-refractivity contribution in [3.63, 3.8) is 0 Å². The van der Waals surface area contributed by atoms with Gasteiger partial charge in [0.25, 0.3) is 0 Å². The summed E-state index contributed by atoms with van der Waals surface area (Å²) in [5, 5.41) is 0. The third kappa shape index (κ3) is 1.97. The van der Waals surface area contributed by atoms with E-state index in [2.05, 4.69) is 50.8 Å². The molecule has 0 heterocycles. The van der Waals surface area contributed by atoms with E-state index >= 15 is 0 Å². The molecule has 1 aliphatic rings. The van der Waals surface area contributed by atoms with Crippen LogP contribution in [0.2, 0.25) is 0 Å². The molecular weight excluding hydrogens is 192 g/mol. The number of hydrogen-bond donors (Lipinski definition) is 0. The molecule has 0 saturated carbocycles. The molecule has 0 radical (unpaired) electrons. The molecule has 84 valence electrons. The van der Waals surface area contributed by atoms with Crippen LogP contribution in [0.1, 0.15) is 50.2 Å². The minimum atomic E-state index is 0.475. The first-order chi connectivity index (χ1) is 7.74. The number of hydrogen-bond acceptors (Lipinski definition) is 0. The lowest BCUT2D eigenvalue weighted by Crippen LogP contribution is -2.00. The lowest BCUT2D eigenvalue weighted by molar-refractivity contribution is 0.751. The zero-order valence-electron chi connectivity index (χ0n) is 10.3. The van der Waals surface area contributed by atoms with Crippen molar-refractivity contribution in [3.8, 4) is 0 Å². The second-order valence-corrected chi connectivity index (χ2v) is 4.73. The van der Waals surface area contributed by atoms with E-state index < -0.39 is 0 Å². The van der Waals surface area contributed by atoms with Gasteiger partial charge in [0.05, 0.1) is 0 Å². The maximum atomic E-state index is 4.15. The Morgan fingerprint density at radius 2 is 2.06 bits per heavy atom. The molecule has 1 aromatic rings. The molecule has 1 unspecified atom stereocenters. The van der Waals surface area contributed by atoms with Gasteiger partial charge in [-0.25, -0.2) is 0 Å². The molecular formula is C16H20. The summed E-state index contributed by atoms with van der Waals surface area (Å²) in [4.78, 5) is 0. The molecule has 0 nitrogen and oxygen atoms in total. The molecule has 0 N–H and O–H groups in total. The maximum absolute atomic E-state index is 4.15. The summed E-state index contributed by atoms with van der Waals surface area (Å²) in [6.45, 7) is 8.55. The van der Waals surface area contributed by atoms with Crippen LogP contribution in [0.25, 0.3) is 6.08 Å². The topological polar surface area (TPSA) is 0 Å². The van der Waals surface area contributed by atoms with Crippen LogP contribution in [-0.2, 0) is 0 Å². The quantitative estimate of drug-likeness (QED) is 0.620. The predicted octanol–water partition coefficient (Wildman–Crippen LogP) is 4.93. The fraction of sp³-hybridized carbons (Fsp3) is 0.375. The summed E-state index contributed by atoms with van der Waals surface area (Å²) < 4.78 is 0. The Morgan fingerprint density at radius 3 is 2.75 bits per heavy atom. The van der Waals surface area contributed by atoms with E-state index in [1.807, 2.05) is 0 Å². The lowest BCUT2D eigenvalue weighted by atomic mass is 9.88. The highest BCUT2D eigenvalue weighted by Gasteiger charge is 2.24. The van der Waals surface area contributed by atoms with Gasteiger partial charge >= 0.3 is 0 Å². The molecule has 0 aromatic heterocycles. The third-order valence-corrected chi connectivity index (χ3v) is 3.33. The first kappa shape index (κ1) is 11.2. The van der Waals surface area contributed by atoms with Gasteiger partial charge in [-0.15, -0.1) is 0 Å².